The highest BCUT2D eigenvalue weighted by molar-refractivity contribution is 7.23. The molecule has 6 nitrogen and oxygen atoms in total. The summed E-state index contributed by atoms with van der Waals surface area (Å²) in [5.41, 5.74) is 1.82. The number of thiazole rings is 1. The van der Waals surface area contributed by atoms with E-state index in [4.69, 9.17) is 11.6 Å². The molecular weight excluding hydrogens is 440 g/mol. The Hall–Kier alpha value is -2.29. The molecule has 0 atom stereocenters. The first-order chi connectivity index (χ1) is 14.5. The molecule has 3 aromatic rings. The second-order valence-corrected chi connectivity index (χ2v) is 9.86. The normalized spacial score (nSPS) is 14.7. The molecule has 1 aliphatic rings. The zero-order chi connectivity index (χ0) is 21.1. The highest BCUT2D eigenvalue weighted by atomic mass is 35.5. The van der Waals surface area contributed by atoms with E-state index in [0.29, 0.717) is 31.7 Å². The minimum Gasteiger partial charge on any atom is -0.342 e. The lowest BCUT2D eigenvalue weighted by atomic mass is 9.95. The van der Waals surface area contributed by atoms with E-state index in [1.54, 1.807) is 12.3 Å². The molecule has 0 saturated carbocycles. The number of pyridine rings is 1. The maximum Gasteiger partial charge on any atom is 0.228 e. The third-order valence-corrected chi connectivity index (χ3v) is 7.34. The van der Waals surface area contributed by atoms with Crippen molar-refractivity contribution in [1.29, 1.82) is 0 Å². The predicted molar refractivity (Wildman–Crippen MR) is 121 cm³/mol. The Labute approximate surface area is 187 Å². The molecule has 0 aromatic carbocycles. The number of aryl methyl sites for hydroxylation is 1. The van der Waals surface area contributed by atoms with E-state index in [1.165, 1.54) is 22.7 Å². The van der Waals surface area contributed by atoms with Crippen LogP contribution in [0.2, 0.25) is 4.34 Å². The topological polar surface area (TPSA) is 75.2 Å². The lowest BCUT2D eigenvalue weighted by molar-refractivity contribution is -0.133. The second-order valence-electron chi connectivity index (χ2n) is 7.29. The van der Waals surface area contributed by atoms with Crippen molar-refractivity contribution in [3.8, 4) is 9.88 Å². The van der Waals surface area contributed by atoms with Gasteiger partial charge in [-0.25, -0.2) is 9.97 Å². The van der Waals surface area contributed by atoms with Crippen LogP contribution in [0.15, 0.2) is 35.8 Å². The maximum absolute atomic E-state index is 12.7. The van der Waals surface area contributed by atoms with Gasteiger partial charge in [0.05, 0.1) is 21.3 Å². The van der Waals surface area contributed by atoms with Gasteiger partial charge in [-0.1, -0.05) is 17.7 Å². The van der Waals surface area contributed by atoms with Gasteiger partial charge in [0, 0.05) is 30.6 Å². The van der Waals surface area contributed by atoms with Gasteiger partial charge in [-0.05, 0) is 43.5 Å². The van der Waals surface area contributed by atoms with Crippen LogP contribution in [-0.4, -0.2) is 39.8 Å². The zero-order valence-corrected chi connectivity index (χ0v) is 18.8. The number of nitrogens with zero attached hydrogens (tertiary/aromatic N) is 3. The van der Waals surface area contributed by atoms with E-state index >= 15 is 0 Å². The largest absolute Gasteiger partial charge is 0.342 e. The number of likely N-dealkylation sites (tertiary alicyclic amines) is 1. The van der Waals surface area contributed by atoms with Crippen LogP contribution in [0.1, 0.15) is 24.1 Å². The Bertz CT molecular complexity index is 1040. The first-order valence-corrected chi connectivity index (χ1v) is 11.8. The van der Waals surface area contributed by atoms with Gasteiger partial charge in [-0.15, -0.1) is 22.7 Å². The van der Waals surface area contributed by atoms with Crippen LogP contribution in [0.3, 0.4) is 0 Å². The van der Waals surface area contributed by atoms with Gasteiger partial charge in [0.15, 0.2) is 0 Å². The lowest BCUT2D eigenvalue weighted by Gasteiger charge is -2.31. The number of piperidine rings is 1. The number of hydrogen-bond acceptors (Lipinski definition) is 6. The van der Waals surface area contributed by atoms with Crippen LogP contribution in [0.4, 0.5) is 5.82 Å². The summed E-state index contributed by atoms with van der Waals surface area (Å²) in [5.74, 6) is 0.481. The van der Waals surface area contributed by atoms with Gasteiger partial charge in [0.2, 0.25) is 11.8 Å². The number of hydrogen-bond donors (Lipinski definition) is 1. The monoisotopic (exact) mass is 460 g/mol. The number of amides is 2. The van der Waals surface area contributed by atoms with Crippen LogP contribution < -0.4 is 5.32 Å². The van der Waals surface area contributed by atoms with Crippen molar-refractivity contribution in [2.45, 2.75) is 26.2 Å². The van der Waals surface area contributed by atoms with Crippen LogP contribution in [0, 0.1) is 12.8 Å². The van der Waals surface area contributed by atoms with Crippen molar-refractivity contribution in [3.05, 3.63) is 51.4 Å². The fourth-order valence-corrected chi connectivity index (χ4v) is 5.29. The van der Waals surface area contributed by atoms with Crippen LogP contribution in [-0.2, 0) is 16.0 Å². The van der Waals surface area contributed by atoms with E-state index < -0.39 is 0 Å². The number of aromatic nitrogens is 2. The average Bonchev–Trinajstić information content (AvgIpc) is 3.38. The molecule has 0 radical (unpaired) electrons. The molecule has 2 amide bonds. The Morgan fingerprint density at radius 2 is 2.03 bits per heavy atom. The quantitative estimate of drug-likeness (QED) is 0.601. The maximum atomic E-state index is 12.7. The van der Waals surface area contributed by atoms with Crippen LogP contribution in [0.25, 0.3) is 9.88 Å². The van der Waals surface area contributed by atoms with Gasteiger partial charge < -0.3 is 10.2 Å². The van der Waals surface area contributed by atoms with E-state index in [2.05, 4.69) is 15.3 Å². The molecule has 1 saturated heterocycles. The molecule has 1 aliphatic heterocycles. The summed E-state index contributed by atoms with van der Waals surface area (Å²) in [4.78, 5) is 36.8. The Balaban J connectivity index is 1.27. The number of halogens is 1. The molecule has 0 aliphatic carbocycles. The molecule has 0 bridgehead atoms. The van der Waals surface area contributed by atoms with E-state index in [1.807, 2.05) is 35.4 Å². The Kier molecular flexibility index (Phi) is 6.46. The molecular formula is C21H21ClN4O2S2. The summed E-state index contributed by atoms with van der Waals surface area (Å²) < 4.78 is 0.725. The SMILES string of the molecule is Cc1ccc(NC(=O)C2CCN(C(=O)Cc3csc(-c4ccc(Cl)s4)n3)CC2)nc1. The Morgan fingerprint density at radius 1 is 1.23 bits per heavy atom. The number of rotatable bonds is 5. The third-order valence-electron chi connectivity index (χ3n) is 5.05. The minimum atomic E-state index is -0.105. The van der Waals surface area contributed by atoms with Crippen molar-refractivity contribution < 1.29 is 9.59 Å². The number of nitrogens with one attached hydrogen (secondary N) is 1. The molecule has 4 heterocycles. The summed E-state index contributed by atoms with van der Waals surface area (Å²) in [6, 6.07) is 7.52. The summed E-state index contributed by atoms with van der Waals surface area (Å²) in [6.45, 7) is 3.11. The second kappa shape index (κ2) is 9.24. The molecule has 1 N–H and O–H groups in total. The van der Waals surface area contributed by atoms with Gasteiger partial charge in [-0.2, -0.15) is 0 Å². The molecule has 1 fully saturated rings. The molecule has 156 valence electrons. The summed E-state index contributed by atoms with van der Waals surface area (Å²) >= 11 is 8.99. The van der Waals surface area contributed by atoms with Crippen molar-refractivity contribution >= 4 is 51.9 Å². The minimum absolute atomic E-state index is 0.0304. The first-order valence-electron chi connectivity index (χ1n) is 9.69. The van der Waals surface area contributed by atoms with Crippen molar-refractivity contribution in [2.24, 2.45) is 5.92 Å². The molecule has 30 heavy (non-hydrogen) atoms. The van der Waals surface area contributed by atoms with Gasteiger partial charge in [0.1, 0.15) is 10.8 Å². The number of anilines is 1. The molecule has 3 aromatic heterocycles. The molecule has 0 spiro atoms. The number of carbonyl (C=O) groups excluding carboxylic acids is 2. The standard InChI is InChI=1S/C21H21ClN4O2S2/c1-13-2-5-18(23-11-13)25-20(28)14-6-8-26(9-7-14)19(27)10-15-12-29-21(24-15)16-3-4-17(22)30-16/h2-5,11-12,14H,6-10H2,1H3,(H,23,25,28). The highest BCUT2D eigenvalue weighted by Gasteiger charge is 2.28. The van der Waals surface area contributed by atoms with Crippen molar-refractivity contribution in [3.63, 3.8) is 0 Å². The van der Waals surface area contributed by atoms with Crippen LogP contribution >= 0.6 is 34.3 Å². The summed E-state index contributed by atoms with van der Waals surface area (Å²) in [5, 5.41) is 5.68. The van der Waals surface area contributed by atoms with E-state index in [-0.39, 0.29) is 24.2 Å². The Morgan fingerprint density at radius 3 is 2.70 bits per heavy atom. The van der Waals surface area contributed by atoms with Gasteiger partial charge >= 0.3 is 0 Å². The fraction of sp³-hybridized carbons (Fsp3) is 0.333. The summed E-state index contributed by atoms with van der Waals surface area (Å²) in [6.07, 6.45) is 3.31. The fourth-order valence-electron chi connectivity index (χ4n) is 3.36. The van der Waals surface area contributed by atoms with Gasteiger partial charge in [0.25, 0.3) is 0 Å². The third kappa shape index (κ3) is 5.06. The molecule has 4 rings (SSSR count). The smallest absolute Gasteiger partial charge is 0.228 e. The zero-order valence-electron chi connectivity index (χ0n) is 16.4. The summed E-state index contributed by atoms with van der Waals surface area (Å²) in [7, 11) is 0. The van der Waals surface area contributed by atoms with Gasteiger partial charge in [-0.3, -0.25) is 9.59 Å². The molecule has 9 heteroatoms. The lowest BCUT2D eigenvalue weighted by Crippen LogP contribution is -2.42. The number of thiophene rings is 1. The highest BCUT2D eigenvalue weighted by Crippen LogP contribution is 2.33. The average molecular weight is 461 g/mol. The van der Waals surface area contributed by atoms with Crippen LogP contribution in [0.5, 0.6) is 0 Å². The van der Waals surface area contributed by atoms with E-state index in [0.717, 1.165) is 25.5 Å². The first kappa shape index (κ1) is 21.0. The van der Waals surface area contributed by atoms with E-state index in [9.17, 15) is 9.59 Å². The number of carbonyl (C=O) groups is 2. The van der Waals surface area contributed by atoms with Crippen molar-refractivity contribution in [2.75, 3.05) is 18.4 Å². The van der Waals surface area contributed by atoms with Crippen molar-refractivity contribution in [1.82, 2.24) is 14.9 Å². The predicted octanol–water partition coefficient (Wildman–Crippen LogP) is 4.65. The molecule has 0 unspecified atom stereocenters.